The number of carboxylic acid groups (broad SMARTS) is 1. The van der Waals surface area contributed by atoms with E-state index >= 15 is 0 Å². The van der Waals surface area contributed by atoms with Gasteiger partial charge in [-0.2, -0.15) is 13.5 Å². The van der Waals surface area contributed by atoms with Crippen molar-refractivity contribution in [1.29, 1.82) is 0 Å². The van der Waals surface area contributed by atoms with E-state index in [1.54, 1.807) is 0 Å². The molecule has 1 aromatic heterocycles. The maximum absolute atomic E-state index is 12.6. The van der Waals surface area contributed by atoms with Crippen LogP contribution in [-0.4, -0.2) is 35.8 Å². The minimum absolute atomic E-state index is 0.0984. The Morgan fingerprint density at radius 3 is 2.43 bits per heavy atom. The first-order valence-corrected chi connectivity index (χ1v) is 7.62. The van der Waals surface area contributed by atoms with Crippen molar-refractivity contribution in [3.8, 4) is 0 Å². The number of halogens is 1. The third-order valence-corrected chi connectivity index (χ3v) is 4.82. The summed E-state index contributed by atoms with van der Waals surface area (Å²) in [5, 5.41) is 13.1. The summed E-state index contributed by atoms with van der Waals surface area (Å²) in [6.07, 6.45) is 1.33. The summed E-state index contributed by atoms with van der Waals surface area (Å²) in [4.78, 5) is 11.0. The van der Waals surface area contributed by atoms with Crippen LogP contribution in [0.5, 0.6) is 0 Å². The molecule has 0 spiro atoms. The maximum atomic E-state index is 12.6. The van der Waals surface area contributed by atoms with Gasteiger partial charge in [0.25, 0.3) is 10.0 Å². The molecule has 0 atom stereocenters. The van der Waals surface area contributed by atoms with Crippen molar-refractivity contribution in [1.82, 2.24) is 9.78 Å². The summed E-state index contributed by atoms with van der Waals surface area (Å²) in [7, 11) is -2.57. The highest BCUT2D eigenvalue weighted by Crippen LogP contribution is 2.24. The third kappa shape index (κ3) is 3.17. The molecule has 0 aliphatic carbocycles. The number of carboxylic acids is 1. The first kappa shape index (κ1) is 15.3. The van der Waals surface area contributed by atoms with E-state index in [-0.39, 0.29) is 10.7 Å². The highest BCUT2D eigenvalue weighted by atomic mass is 35.5. The average Bonchev–Trinajstić information content (AvgIpc) is 2.84. The fourth-order valence-electron chi connectivity index (χ4n) is 1.77. The number of aromatic nitrogens is 2. The molecule has 0 aliphatic heterocycles. The normalized spacial score (nSPS) is 11.3. The van der Waals surface area contributed by atoms with E-state index in [4.69, 9.17) is 16.7 Å². The van der Waals surface area contributed by atoms with E-state index in [9.17, 15) is 13.2 Å². The predicted octanol–water partition coefficient (Wildman–Crippen LogP) is 1.35. The minimum atomic E-state index is -4.04. The third-order valence-electron chi connectivity index (χ3n) is 2.72. The SMILES string of the molecule is Cn1nccc1S(=O)(=O)N(CC(=O)O)c1ccc(Cl)cc1. The number of benzene rings is 1. The van der Waals surface area contributed by atoms with E-state index in [0.29, 0.717) is 5.02 Å². The molecule has 0 bridgehead atoms. The van der Waals surface area contributed by atoms with E-state index in [1.807, 2.05) is 0 Å². The van der Waals surface area contributed by atoms with Crippen molar-refractivity contribution < 1.29 is 18.3 Å². The van der Waals surface area contributed by atoms with Crippen molar-refractivity contribution in [3.63, 3.8) is 0 Å². The van der Waals surface area contributed by atoms with E-state index in [0.717, 1.165) is 4.31 Å². The first-order valence-electron chi connectivity index (χ1n) is 5.80. The highest BCUT2D eigenvalue weighted by Gasteiger charge is 2.29. The minimum Gasteiger partial charge on any atom is -0.480 e. The van der Waals surface area contributed by atoms with Gasteiger partial charge < -0.3 is 5.11 Å². The number of anilines is 1. The molecule has 0 unspecified atom stereocenters. The molecule has 0 aliphatic rings. The second-order valence-corrected chi connectivity index (χ2v) is 6.42. The van der Waals surface area contributed by atoms with Crippen LogP contribution < -0.4 is 4.31 Å². The molecule has 112 valence electrons. The van der Waals surface area contributed by atoms with E-state index in [2.05, 4.69) is 5.10 Å². The zero-order chi connectivity index (χ0) is 15.6. The van der Waals surface area contributed by atoms with Crippen LogP contribution in [0, 0.1) is 0 Å². The summed E-state index contributed by atoms with van der Waals surface area (Å²) in [6, 6.07) is 7.17. The zero-order valence-corrected chi connectivity index (χ0v) is 12.5. The molecule has 1 aromatic carbocycles. The van der Waals surface area contributed by atoms with Gasteiger partial charge >= 0.3 is 5.97 Å². The lowest BCUT2D eigenvalue weighted by Gasteiger charge is -2.22. The standard InChI is InChI=1S/C12H12ClN3O4S/c1-15-11(6-7-14-15)21(19,20)16(8-12(17)18)10-4-2-9(13)3-5-10/h2-7H,8H2,1H3,(H,17,18). The lowest BCUT2D eigenvalue weighted by Crippen LogP contribution is -2.36. The Morgan fingerprint density at radius 2 is 1.95 bits per heavy atom. The molecule has 1 heterocycles. The second-order valence-electron chi connectivity index (χ2n) is 4.17. The number of aliphatic carboxylic acids is 1. The van der Waals surface area contributed by atoms with Gasteiger partial charge in [-0.05, 0) is 30.3 Å². The van der Waals surface area contributed by atoms with Gasteiger partial charge in [0.1, 0.15) is 6.54 Å². The molecule has 2 rings (SSSR count). The van der Waals surface area contributed by atoms with Crippen LogP contribution in [0.4, 0.5) is 5.69 Å². The van der Waals surface area contributed by atoms with Gasteiger partial charge in [0.15, 0.2) is 5.03 Å². The molecule has 7 nitrogen and oxygen atoms in total. The van der Waals surface area contributed by atoms with Crippen LogP contribution in [0.1, 0.15) is 0 Å². The summed E-state index contributed by atoms with van der Waals surface area (Å²) in [5.41, 5.74) is 0.211. The summed E-state index contributed by atoms with van der Waals surface area (Å²) in [5.74, 6) is -1.27. The molecule has 0 radical (unpaired) electrons. The van der Waals surface area contributed by atoms with Crippen molar-refractivity contribution >= 4 is 33.3 Å². The number of hydrogen-bond donors (Lipinski definition) is 1. The Labute approximate surface area is 126 Å². The predicted molar refractivity (Wildman–Crippen MR) is 76.8 cm³/mol. The fourth-order valence-corrected chi connectivity index (χ4v) is 3.42. The van der Waals surface area contributed by atoms with Gasteiger partial charge in [0, 0.05) is 12.1 Å². The summed E-state index contributed by atoms with van der Waals surface area (Å²) < 4.78 is 27.2. The number of hydrogen-bond acceptors (Lipinski definition) is 4. The molecule has 0 fully saturated rings. The van der Waals surface area contributed by atoms with Gasteiger partial charge in [0.2, 0.25) is 0 Å². The molecule has 21 heavy (non-hydrogen) atoms. The molecule has 9 heteroatoms. The molecule has 0 amide bonds. The van der Waals surface area contributed by atoms with Crippen LogP contribution in [0.15, 0.2) is 41.6 Å². The number of carbonyl (C=O) groups is 1. The van der Waals surface area contributed by atoms with Gasteiger partial charge in [-0.15, -0.1) is 0 Å². The smallest absolute Gasteiger partial charge is 0.324 e. The Hall–Kier alpha value is -2.06. The van der Waals surface area contributed by atoms with Gasteiger partial charge in [-0.25, -0.2) is 0 Å². The van der Waals surface area contributed by atoms with Crippen LogP contribution in [0.25, 0.3) is 0 Å². The Bertz CT molecular complexity index is 755. The van der Waals surface area contributed by atoms with E-state index < -0.39 is 22.5 Å². The van der Waals surface area contributed by atoms with E-state index in [1.165, 1.54) is 48.3 Å². The maximum Gasteiger partial charge on any atom is 0.324 e. The number of rotatable bonds is 5. The average molecular weight is 330 g/mol. The van der Waals surface area contributed by atoms with Gasteiger partial charge in [0.05, 0.1) is 11.9 Å². The Balaban J connectivity index is 2.52. The van der Waals surface area contributed by atoms with Gasteiger partial charge in [-0.3, -0.25) is 13.8 Å². The van der Waals surface area contributed by atoms with Crippen molar-refractivity contribution in [3.05, 3.63) is 41.6 Å². The first-order chi connectivity index (χ1) is 9.82. The quantitative estimate of drug-likeness (QED) is 0.894. The van der Waals surface area contributed by atoms with Crippen molar-refractivity contribution in [2.24, 2.45) is 7.05 Å². The summed E-state index contributed by atoms with van der Waals surface area (Å²) >= 11 is 5.76. The molecular weight excluding hydrogens is 318 g/mol. The molecule has 0 saturated heterocycles. The number of sulfonamides is 1. The topological polar surface area (TPSA) is 92.5 Å². The molecule has 2 aromatic rings. The number of aryl methyl sites for hydroxylation is 1. The monoisotopic (exact) mass is 329 g/mol. The summed E-state index contributed by atoms with van der Waals surface area (Å²) in [6.45, 7) is -0.699. The van der Waals surface area contributed by atoms with Crippen molar-refractivity contribution in [2.75, 3.05) is 10.8 Å². The lowest BCUT2D eigenvalue weighted by molar-refractivity contribution is -0.135. The largest absolute Gasteiger partial charge is 0.480 e. The Kier molecular flexibility index (Phi) is 4.19. The van der Waals surface area contributed by atoms with Crippen LogP contribution >= 0.6 is 11.6 Å². The molecule has 1 N–H and O–H groups in total. The molecular formula is C12H12ClN3O4S. The number of nitrogens with zero attached hydrogens (tertiary/aromatic N) is 3. The highest BCUT2D eigenvalue weighted by molar-refractivity contribution is 7.92. The second kappa shape index (κ2) is 5.74. The lowest BCUT2D eigenvalue weighted by atomic mass is 10.3. The molecule has 0 saturated carbocycles. The zero-order valence-electron chi connectivity index (χ0n) is 11.0. The van der Waals surface area contributed by atoms with Gasteiger partial charge in [-0.1, -0.05) is 11.6 Å². The Morgan fingerprint density at radius 1 is 1.33 bits per heavy atom. The van der Waals surface area contributed by atoms with Crippen molar-refractivity contribution in [2.45, 2.75) is 5.03 Å². The van der Waals surface area contributed by atoms with Crippen LogP contribution in [0.2, 0.25) is 5.02 Å². The van der Waals surface area contributed by atoms with Crippen LogP contribution in [-0.2, 0) is 21.9 Å². The van der Waals surface area contributed by atoms with Crippen LogP contribution in [0.3, 0.4) is 0 Å². The fraction of sp³-hybridized carbons (Fsp3) is 0.167.